The standard InChI is InChI=1S/C29H38F3N5O6/c1-28(2,3)22(36-27(43)29(30,31)32)26(42)37-12-17-13-4-5-14(10-13)19(17)20(37)24(40)35-18(11-15-8-9-33-23(15)39)21(38)25(41)34-16-6-7-16/h4-5,13-20,22H,6-12H2,1-3H3,(H,33,39)(H,34,41)(H,35,40)(H,36,43)/t13-,14+,15+,17-,18?,19+,20+,22-/m1/s1. The smallest absolute Gasteiger partial charge is 0.356 e. The minimum atomic E-state index is -5.22. The zero-order valence-electron chi connectivity index (χ0n) is 24.3. The number of carbonyl (C=O) groups is 6. The Kier molecular flexibility index (Phi) is 8.10. The van der Waals surface area contributed by atoms with Crippen LogP contribution in [0, 0.1) is 35.0 Å². The molecule has 4 N–H and O–H groups in total. The first-order chi connectivity index (χ1) is 20.1. The second kappa shape index (κ2) is 11.2. The minimum absolute atomic E-state index is 0.0608. The maximum absolute atomic E-state index is 14.1. The van der Waals surface area contributed by atoms with Crippen molar-refractivity contribution >= 4 is 35.3 Å². The highest BCUT2D eigenvalue weighted by molar-refractivity contribution is 6.38. The Morgan fingerprint density at radius 2 is 1.70 bits per heavy atom. The summed E-state index contributed by atoms with van der Waals surface area (Å²) >= 11 is 0. The van der Waals surface area contributed by atoms with Gasteiger partial charge in [-0.2, -0.15) is 13.2 Å². The lowest BCUT2D eigenvalue weighted by atomic mass is 9.81. The van der Waals surface area contributed by atoms with Crippen LogP contribution < -0.4 is 21.3 Å². The van der Waals surface area contributed by atoms with E-state index in [4.69, 9.17) is 0 Å². The Hall–Kier alpha value is -3.45. The molecule has 2 saturated heterocycles. The predicted octanol–water partition coefficient (Wildman–Crippen LogP) is 0.587. The van der Waals surface area contributed by atoms with E-state index >= 15 is 0 Å². The Labute approximate surface area is 247 Å². The summed E-state index contributed by atoms with van der Waals surface area (Å²) in [5, 5.41) is 9.79. The number of alkyl halides is 3. The molecule has 8 atom stereocenters. The van der Waals surface area contributed by atoms with Crippen LogP contribution in [0.4, 0.5) is 13.2 Å². The summed E-state index contributed by atoms with van der Waals surface area (Å²) in [4.78, 5) is 79.5. The summed E-state index contributed by atoms with van der Waals surface area (Å²) in [5.74, 6) is -6.95. The molecule has 3 aliphatic carbocycles. The van der Waals surface area contributed by atoms with Crippen molar-refractivity contribution in [2.45, 2.75) is 83.2 Å². The lowest BCUT2D eigenvalue weighted by Gasteiger charge is -2.37. The Morgan fingerprint density at radius 3 is 2.28 bits per heavy atom. The van der Waals surface area contributed by atoms with Crippen LogP contribution in [-0.4, -0.2) is 83.7 Å². The van der Waals surface area contributed by atoms with Gasteiger partial charge in [-0.3, -0.25) is 28.8 Å². The quantitative estimate of drug-likeness (QED) is 0.222. The van der Waals surface area contributed by atoms with E-state index in [0.29, 0.717) is 13.0 Å². The molecular formula is C29H38F3N5O6. The number of Topliss-reactive ketones (excluding diaryl/α,β-unsaturated/α-hetero) is 1. The van der Waals surface area contributed by atoms with Gasteiger partial charge in [-0.05, 0) is 61.2 Å². The number of rotatable bonds is 9. The van der Waals surface area contributed by atoms with Crippen LogP contribution in [0.5, 0.6) is 0 Å². The average molecular weight is 610 g/mol. The Bertz CT molecular complexity index is 1240. The molecule has 5 rings (SSSR count). The maximum atomic E-state index is 14.1. The maximum Gasteiger partial charge on any atom is 0.471 e. The number of halogens is 3. The molecule has 0 aromatic heterocycles. The topological polar surface area (TPSA) is 154 Å². The van der Waals surface area contributed by atoms with Crippen molar-refractivity contribution in [1.29, 1.82) is 0 Å². The fourth-order valence-corrected chi connectivity index (χ4v) is 7.09. The van der Waals surface area contributed by atoms with E-state index in [1.807, 2.05) is 17.5 Å². The van der Waals surface area contributed by atoms with Gasteiger partial charge in [0.05, 0.1) is 6.04 Å². The van der Waals surface area contributed by atoms with Crippen LogP contribution in [-0.2, 0) is 28.8 Å². The van der Waals surface area contributed by atoms with Crippen molar-refractivity contribution in [2.24, 2.45) is 35.0 Å². The molecule has 4 fully saturated rings. The highest BCUT2D eigenvalue weighted by Crippen LogP contribution is 2.54. The molecular weight excluding hydrogens is 571 g/mol. The molecule has 43 heavy (non-hydrogen) atoms. The summed E-state index contributed by atoms with van der Waals surface area (Å²) < 4.78 is 39.6. The predicted molar refractivity (Wildman–Crippen MR) is 144 cm³/mol. The third-order valence-corrected chi connectivity index (χ3v) is 9.45. The minimum Gasteiger partial charge on any atom is -0.356 e. The molecule has 11 nitrogen and oxygen atoms in total. The molecule has 2 saturated carbocycles. The van der Waals surface area contributed by atoms with Gasteiger partial charge in [0.1, 0.15) is 12.1 Å². The van der Waals surface area contributed by atoms with Crippen molar-refractivity contribution in [3.63, 3.8) is 0 Å². The normalized spacial score (nSPS) is 30.8. The Balaban J connectivity index is 1.42. The zero-order chi connectivity index (χ0) is 31.4. The summed E-state index contributed by atoms with van der Waals surface area (Å²) in [7, 11) is 0. The molecule has 236 valence electrons. The van der Waals surface area contributed by atoms with Crippen LogP contribution in [0.3, 0.4) is 0 Å². The van der Waals surface area contributed by atoms with Gasteiger partial charge in [0, 0.05) is 25.0 Å². The number of ketones is 1. The number of nitrogens with zero attached hydrogens (tertiary/aromatic N) is 1. The second-order valence-corrected chi connectivity index (χ2v) is 13.6. The van der Waals surface area contributed by atoms with Gasteiger partial charge >= 0.3 is 12.1 Å². The highest BCUT2D eigenvalue weighted by Gasteiger charge is 2.59. The average Bonchev–Trinajstić information content (AvgIpc) is 3.26. The SMILES string of the molecule is CC(C)(C)[C@H](NC(=O)C(F)(F)F)C(=O)N1C[C@H]2[C@@H]([C@H]1C(=O)NC(C[C@@H]1CCNC1=O)C(=O)C(=O)NC1CC1)[C@H]1C=C[C@@H]2C1. The van der Waals surface area contributed by atoms with Gasteiger partial charge in [0.15, 0.2) is 0 Å². The summed E-state index contributed by atoms with van der Waals surface area (Å²) in [6.07, 6.45) is 1.33. The molecule has 5 amide bonds. The molecule has 14 heteroatoms. The number of hydrogen-bond donors (Lipinski definition) is 4. The van der Waals surface area contributed by atoms with Gasteiger partial charge in [0.2, 0.25) is 23.5 Å². The Morgan fingerprint density at radius 1 is 1.02 bits per heavy atom. The molecule has 2 aliphatic heterocycles. The van der Waals surface area contributed by atoms with Gasteiger partial charge < -0.3 is 26.2 Å². The van der Waals surface area contributed by atoms with E-state index in [2.05, 4.69) is 16.0 Å². The van der Waals surface area contributed by atoms with Crippen molar-refractivity contribution in [1.82, 2.24) is 26.2 Å². The van der Waals surface area contributed by atoms with Gasteiger partial charge in [0.25, 0.3) is 5.91 Å². The zero-order valence-corrected chi connectivity index (χ0v) is 24.3. The third kappa shape index (κ3) is 6.28. The molecule has 1 unspecified atom stereocenters. The number of hydrogen-bond acceptors (Lipinski definition) is 6. The molecule has 0 radical (unpaired) electrons. The number of amides is 5. The first-order valence-electron chi connectivity index (χ1n) is 14.9. The number of allylic oxidation sites excluding steroid dienone is 2. The fraction of sp³-hybridized carbons (Fsp3) is 0.724. The molecule has 0 aromatic carbocycles. The first kappa shape index (κ1) is 31.0. The van der Waals surface area contributed by atoms with Crippen LogP contribution >= 0.6 is 0 Å². The number of likely N-dealkylation sites (tertiary alicyclic amines) is 1. The van der Waals surface area contributed by atoms with E-state index in [1.54, 1.807) is 0 Å². The van der Waals surface area contributed by atoms with E-state index in [1.165, 1.54) is 25.7 Å². The molecule has 5 aliphatic rings. The van der Waals surface area contributed by atoms with Crippen molar-refractivity contribution in [3.8, 4) is 0 Å². The van der Waals surface area contributed by atoms with Crippen molar-refractivity contribution < 1.29 is 41.9 Å². The summed E-state index contributed by atoms with van der Waals surface area (Å²) in [6.45, 7) is 5.04. The summed E-state index contributed by atoms with van der Waals surface area (Å²) in [6, 6.07) is -4.20. The van der Waals surface area contributed by atoms with Crippen LogP contribution in [0.2, 0.25) is 0 Å². The van der Waals surface area contributed by atoms with Gasteiger partial charge in [-0.25, -0.2) is 0 Å². The van der Waals surface area contributed by atoms with Crippen LogP contribution in [0.25, 0.3) is 0 Å². The molecule has 0 spiro atoms. The lowest BCUT2D eigenvalue weighted by Crippen LogP contribution is -2.61. The van der Waals surface area contributed by atoms with E-state index in [9.17, 15) is 41.9 Å². The molecule has 2 bridgehead atoms. The van der Waals surface area contributed by atoms with Gasteiger partial charge in [-0.15, -0.1) is 0 Å². The number of fused-ring (bicyclic) bond motifs is 5. The van der Waals surface area contributed by atoms with E-state index in [-0.39, 0.29) is 48.6 Å². The number of carbonyl (C=O) groups excluding carboxylic acids is 6. The number of nitrogens with one attached hydrogen (secondary N) is 4. The highest BCUT2D eigenvalue weighted by atomic mass is 19.4. The molecule has 0 aromatic rings. The first-order valence-corrected chi connectivity index (χ1v) is 14.9. The van der Waals surface area contributed by atoms with Crippen molar-refractivity contribution in [3.05, 3.63) is 12.2 Å². The fourth-order valence-electron chi connectivity index (χ4n) is 7.09. The van der Waals surface area contributed by atoms with Crippen LogP contribution in [0.15, 0.2) is 12.2 Å². The molecule has 2 heterocycles. The van der Waals surface area contributed by atoms with Crippen LogP contribution in [0.1, 0.15) is 52.9 Å². The second-order valence-electron chi connectivity index (χ2n) is 13.6. The monoisotopic (exact) mass is 609 g/mol. The largest absolute Gasteiger partial charge is 0.471 e. The third-order valence-electron chi connectivity index (χ3n) is 9.45. The van der Waals surface area contributed by atoms with E-state index in [0.717, 1.165) is 19.3 Å². The summed E-state index contributed by atoms with van der Waals surface area (Å²) in [5.41, 5.74) is -1.14. The van der Waals surface area contributed by atoms with E-state index < -0.39 is 65.0 Å². The van der Waals surface area contributed by atoms with Gasteiger partial charge in [-0.1, -0.05) is 32.9 Å². The lowest BCUT2D eigenvalue weighted by molar-refractivity contribution is -0.176. The van der Waals surface area contributed by atoms with Crippen molar-refractivity contribution in [2.75, 3.05) is 13.1 Å².